The summed E-state index contributed by atoms with van der Waals surface area (Å²) in [6.07, 6.45) is 0. The summed E-state index contributed by atoms with van der Waals surface area (Å²) in [5, 5.41) is 13.7. The number of amides is 1. The summed E-state index contributed by atoms with van der Waals surface area (Å²) < 4.78 is 13.1. The second kappa shape index (κ2) is 8.53. The number of non-ortho nitro benzene ring substituents is 1. The largest absolute Gasteiger partial charge is 0.369 e. The number of hydrogen-bond acceptors (Lipinski definition) is 5. The Labute approximate surface area is 166 Å². The zero-order valence-corrected chi connectivity index (χ0v) is 16.0. The Bertz CT molecular complexity index is 870. The molecule has 1 aliphatic heterocycles. The van der Waals surface area contributed by atoms with Crippen molar-refractivity contribution in [3.8, 4) is 0 Å². The first-order chi connectivity index (χ1) is 13.3. The molecule has 0 aromatic heterocycles. The molecule has 0 radical (unpaired) electrons. The van der Waals surface area contributed by atoms with Crippen LogP contribution in [0.5, 0.6) is 0 Å². The van der Waals surface area contributed by atoms with E-state index in [2.05, 4.69) is 15.1 Å². The average Bonchev–Trinajstić information content (AvgIpc) is 2.69. The first-order valence-electron chi connectivity index (χ1n) is 8.84. The van der Waals surface area contributed by atoms with E-state index in [1.807, 2.05) is 6.92 Å². The predicted octanol–water partition coefficient (Wildman–Crippen LogP) is 3.54. The molecular formula is C19H20ClFN4O3. The number of halogens is 2. The molecule has 2 aromatic carbocycles. The third-order valence-corrected chi connectivity index (χ3v) is 5.17. The molecule has 1 fully saturated rings. The summed E-state index contributed by atoms with van der Waals surface area (Å²) in [6, 6.07) is 9.92. The smallest absolute Gasteiger partial charge is 0.269 e. The second-order valence-electron chi connectivity index (χ2n) is 6.59. The number of nitro benzene ring substituents is 1. The minimum atomic E-state index is -0.460. The van der Waals surface area contributed by atoms with Gasteiger partial charge in [0.2, 0.25) is 5.91 Å². The summed E-state index contributed by atoms with van der Waals surface area (Å²) in [5.41, 5.74) is 1.36. The quantitative estimate of drug-likeness (QED) is 0.607. The van der Waals surface area contributed by atoms with Crippen molar-refractivity contribution in [2.24, 2.45) is 0 Å². The number of nitro groups is 1. The van der Waals surface area contributed by atoms with Crippen LogP contribution in [0.25, 0.3) is 0 Å². The first-order valence-corrected chi connectivity index (χ1v) is 9.22. The molecule has 0 aliphatic carbocycles. The van der Waals surface area contributed by atoms with Gasteiger partial charge in [0.15, 0.2) is 0 Å². The van der Waals surface area contributed by atoms with Gasteiger partial charge in [-0.2, -0.15) is 0 Å². The van der Waals surface area contributed by atoms with Crippen LogP contribution in [0.15, 0.2) is 42.5 Å². The van der Waals surface area contributed by atoms with Crippen molar-refractivity contribution in [2.75, 3.05) is 36.4 Å². The molecule has 1 saturated heterocycles. The van der Waals surface area contributed by atoms with Crippen molar-refractivity contribution >= 4 is 34.6 Å². The minimum Gasteiger partial charge on any atom is -0.369 e. The molecule has 28 heavy (non-hydrogen) atoms. The lowest BCUT2D eigenvalue weighted by atomic mass is 10.2. The molecule has 9 heteroatoms. The van der Waals surface area contributed by atoms with E-state index in [-0.39, 0.29) is 22.7 Å². The highest BCUT2D eigenvalue weighted by molar-refractivity contribution is 6.33. The number of anilines is 2. The molecular weight excluding hydrogens is 387 g/mol. The van der Waals surface area contributed by atoms with E-state index in [0.29, 0.717) is 31.9 Å². The highest BCUT2D eigenvalue weighted by Gasteiger charge is 2.26. The van der Waals surface area contributed by atoms with Crippen LogP contribution in [0.4, 0.5) is 21.5 Å². The maximum Gasteiger partial charge on any atom is 0.269 e. The molecule has 1 N–H and O–H groups in total. The summed E-state index contributed by atoms with van der Waals surface area (Å²) >= 11 is 5.96. The molecule has 1 amide bonds. The van der Waals surface area contributed by atoms with Crippen molar-refractivity contribution in [2.45, 2.75) is 13.0 Å². The van der Waals surface area contributed by atoms with Gasteiger partial charge in [-0.1, -0.05) is 11.6 Å². The van der Waals surface area contributed by atoms with Gasteiger partial charge in [-0.15, -0.1) is 0 Å². The Morgan fingerprint density at radius 1 is 1.18 bits per heavy atom. The lowest BCUT2D eigenvalue weighted by molar-refractivity contribution is -0.384. The third kappa shape index (κ3) is 4.58. The Hall–Kier alpha value is -2.71. The van der Waals surface area contributed by atoms with Gasteiger partial charge < -0.3 is 10.2 Å². The Morgan fingerprint density at radius 3 is 2.39 bits per heavy atom. The van der Waals surface area contributed by atoms with Gasteiger partial charge in [-0.3, -0.25) is 19.8 Å². The van der Waals surface area contributed by atoms with E-state index >= 15 is 0 Å². The van der Waals surface area contributed by atoms with E-state index in [0.717, 1.165) is 11.8 Å². The van der Waals surface area contributed by atoms with Crippen LogP contribution in [-0.4, -0.2) is 48.0 Å². The molecule has 1 heterocycles. The van der Waals surface area contributed by atoms with Crippen LogP contribution in [0.1, 0.15) is 6.92 Å². The third-order valence-electron chi connectivity index (χ3n) is 4.86. The summed E-state index contributed by atoms with van der Waals surface area (Å²) in [7, 11) is 0. The molecule has 1 aliphatic rings. The minimum absolute atomic E-state index is 0.0622. The van der Waals surface area contributed by atoms with Crippen LogP contribution in [0, 0.1) is 15.9 Å². The molecule has 0 unspecified atom stereocenters. The van der Waals surface area contributed by atoms with Gasteiger partial charge >= 0.3 is 0 Å². The average molecular weight is 407 g/mol. The van der Waals surface area contributed by atoms with Crippen LogP contribution in [0.2, 0.25) is 5.02 Å². The topological polar surface area (TPSA) is 78.7 Å². The zero-order valence-electron chi connectivity index (χ0n) is 15.3. The fourth-order valence-corrected chi connectivity index (χ4v) is 3.36. The molecule has 2 aromatic rings. The van der Waals surface area contributed by atoms with Gasteiger partial charge in [0.1, 0.15) is 5.82 Å². The molecule has 7 nitrogen and oxygen atoms in total. The fraction of sp³-hybridized carbons (Fsp3) is 0.316. The van der Waals surface area contributed by atoms with Crippen LogP contribution in [-0.2, 0) is 4.79 Å². The number of rotatable bonds is 5. The Morgan fingerprint density at radius 2 is 1.82 bits per heavy atom. The van der Waals surface area contributed by atoms with E-state index in [1.165, 1.54) is 24.3 Å². The molecule has 3 rings (SSSR count). The number of carbonyl (C=O) groups excluding carboxylic acids is 1. The molecule has 148 valence electrons. The van der Waals surface area contributed by atoms with Gasteiger partial charge in [0, 0.05) is 44.0 Å². The lowest BCUT2D eigenvalue weighted by Crippen LogP contribution is -2.52. The van der Waals surface area contributed by atoms with Crippen molar-refractivity contribution in [3.63, 3.8) is 0 Å². The van der Waals surface area contributed by atoms with E-state index in [9.17, 15) is 19.3 Å². The first kappa shape index (κ1) is 20.0. The molecule has 0 bridgehead atoms. The van der Waals surface area contributed by atoms with E-state index in [1.54, 1.807) is 12.1 Å². The molecule has 0 saturated carbocycles. The van der Waals surface area contributed by atoms with Crippen molar-refractivity contribution in [1.82, 2.24) is 4.90 Å². The number of nitrogens with zero attached hydrogens (tertiary/aromatic N) is 3. The zero-order chi connectivity index (χ0) is 20.3. The van der Waals surface area contributed by atoms with Crippen LogP contribution < -0.4 is 10.2 Å². The SMILES string of the molecule is C[C@H](C(=O)Nc1ccc(F)cc1Cl)N1CCN(c2ccc([N+](=O)[O-])cc2)CC1. The number of benzene rings is 2. The second-order valence-corrected chi connectivity index (χ2v) is 6.99. The normalized spacial score (nSPS) is 15.9. The number of carbonyl (C=O) groups is 1. The maximum absolute atomic E-state index is 13.1. The van der Waals surface area contributed by atoms with Gasteiger partial charge in [-0.05, 0) is 37.3 Å². The summed E-state index contributed by atoms with van der Waals surface area (Å²) in [5.74, 6) is -0.671. The van der Waals surface area contributed by atoms with Crippen LogP contribution in [0.3, 0.4) is 0 Å². The fourth-order valence-electron chi connectivity index (χ4n) is 3.15. The van der Waals surface area contributed by atoms with Crippen molar-refractivity contribution in [3.05, 3.63) is 63.4 Å². The highest BCUT2D eigenvalue weighted by Crippen LogP contribution is 2.24. The van der Waals surface area contributed by atoms with Gasteiger partial charge in [0.25, 0.3) is 5.69 Å². The van der Waals surface area contributed by atoms with Gasteiger partial charge in [0.05, 0.1) is 21.7 Å². The predicted molar refractivity (Wildman–Crippen MR) is 106 cm³/mol. The molecule has 0 spiro atoms. The summed E-state index contributed by atoms with van der Waals surface area (Å²) in [4.78, 5) is 27.0. The van der Waals surface area contributed by atoms with Crippen LogP contribution >= 0.6 is 11.6 Å². The maximum atomic E-state index is 13.1. The van der Waals surface area contributed by atoms with Gasteiger partial charge in [-0.25, -0.2) is 4.39 Å². The number of piperazine rings is 1. The summed E-state index contributed by atoms with van der Waals surface area (Å²) in [6.45, 7) is 4.55. The van der Waals surface area contributed by atoms with Crippen molar-refractivity contribution < 1.29 is 14.1 Å². The Balaban J connectivity index is 1.56. The van der Waals surface area contributed by atoms with E-state index < -0.39 is 10.7 Å². The lowest BCUT2D eigenvalue weighted by Gasteiger charge is -2.38. The highest BCUT2D eigenvalue weighted by atomic mass is 35.5. The monoisotopic (exact) mass is 406 g/mol. The Kier molecular flexibility index (Phi) is 6.11. The standard InChI is InChI=1S/C19H20ClFN4O3/c1-13(19(26)22-18-7-2-14(21)12-17(18)20)23-8-10-24(11-9-23)15-3-5-16(6-4-15)25(27)28/h2-7,12-13H,8-11H2,1H3,(H,22,26)/t13-/m1/s1. The van der Waals surface area contributed by atoms with Crippen molar-refractivity contribution in [1.29, 1.82) is 0 Å². The molecule has 1 atom stereocenters. The number of nitrogens with one attached hydrogen (secondary N) is 1. The number of hydrogen-bond donors (Lipinski definition) is 1. The van der Waals surface area contributed by atoms with E-state index in [4.69, 9.17) is 11.6 Å².